The summed E-state index contributed by atoms with van der Waals surface area (Å²) >= 11 is 0. The highest BCUT2D eigenvalue weighted by atomic mass is 19.2. The van der Waals surface area contributed by atoms with E-state index in [1.54, 1.807) is 6.07 Å². The first kappa shape index (κ1) is 12.8. The fourth-order valence-electron chi connectivity index (χ4n) is 3.29. The summed E-state index contributed by atoms with van der Waals surface area (Å²) in [5.74, 6) is -1.73. The predicted molar refractivity (Wildman–Crippen MR) is 69.5 cm³/mol. The molecule has 0 atom stereocenters. The van der Waals surface area contributed by atoms with Gasteiger partial charge in [-0.3, -0.25) is 0 Å². The molecule has 2 aliphatic carbocycles. The van der Waals surface area contributed by atoms with Gasteiger partial charge in [-0.2, -0.15) is 0 Å². The Kier molecular flexibility index (Phi) is 3.15. The summed E-state index contributed by atoms with van der Waals surface area (Å²) in [6, 6.07) is 1.68. The minimum Gasteiger partial charge on any atom is -0.207 e. The Hall–Kier alpha value is -1.25. The van der Waals surface area contributed by atoms with Crippen LogP contribution in [0.5, 0.6) is 0 Å². The lowest BCUT2D eigenvalue weighted by molar-refractivity contribution is 0.339. The zero-order valence-corrected chi connectivity index (χ0v) is 11.0. The molecular formula is C16H17F3. The fraction of sp³-hybridized carbons (Fsp3) is 0.500. The van der Waals surface area contributed by atoms with Crippen molar-refractivity contribution in [3.63, 3.8) is 0 Å². The SMILES string of the molecule is CC1CCC(c2cc3c(c(F)c2F)C(F)=CC3)CC1. The summed E-state index contributed by atoms with van der Waals surface area (Å²) in [5.41, 5.74) is 0.877. The normalized spacial score (nSPS) is 26.2. The summed E-state index contributed by atoms with van der Waals surface area (Å²) in [4.78, 5) is 0. The minimum absolute atomic E-state index is 0.0830. The van der Waals surface area contributed by atoms with Crippen molar-refractivity contribution < 1.29 is 13.2 Å². The third kappa shape index (κ3) is 2.09. The van der Waals surface area contributed by atoms with Crippen LogP contribution in [-0.2, 0) is 6.42 Å². The van der Waals surface area contributed by atoms with Gasteiger partial charge in [0.1, 0.15) is 5.83 Å². The summed E-state index contributed by atoms with van der Waals surface area (Å²) in [5, 5.41) is 0. The molecule has 2 aliphatic rings. The number of rotatable bonds is 1. The molecule has 0 bridgehead atoms. The molecule has 3 rings (SSSR count). The Balaban J connectivity index is 1.98. The molecule has 1 aromatic carbocycles. The van der Waals surface area contributed by atoms with Crippen LogP contribution in [-0.4, -0.2) is 0 Å². The lowest BCUT2D eigenvalue weighted by atomic mass is 9.78. The third-order valence-corrected chi connectivity index (χ3v) is 4.51. The first-order chi connectivity index (χ1) is 9.08. The zero-order valence-electron chi connectivity index (χ0n) is 11.0. The van der Waals surface area contributed by atoms with Crippen molar-refractivity contribution in [1.29, 1.82) is 0 Å². The number of hydrogen-bond donors (Lipinski definition) is 0. The second-order valence-electron chi connectivity index (χ2n) is 5.84. The van der Waals surface area contributed by atoms with Crippen LogP contribution in [0.1, 0.15) is 55.2 Å². The molecule has 0 aliphatic heterocycles. The largest absolute Gasteiger partial charge is 0.207 e. The van der Waals surface area contributed by atoms with Gasteiger partial charge in [0.2, 0.25) is 0 Å². The van der Waals surface area contributed by atoms with Crippen LogP contribution in [0, 0.1) is 17.6 Å². The Morgan fingerprint density at radius 3 is 2.37 bits per heavy atom. The first-order valence-corrected chi connectivity index (χ1v) is 6.94. The molecule has 0 spiro atoms. The number of hydrogen-bond acceptors (Lipinski definition) is 0. The van der Waals surface area contributed by atoms with E-state index in [9.17, 15) is 13.2 Å². The van der Waals surface area contributed by atoms with Crippen molar-refractivity contribution in [2.75, 3.05) is 0 Å². The van der Waals surface area contributed by atoms with E-state index >= 15 is 0 Å². The predicted octanol–water partition coefficient (Wildman–Crippen LogP) is 5.13. The molecule has 0 radical (unpaired) electrons. The molecule has 19 heavy (non-hydrogen) atoms. The number of benzene rings is 1. The summed E-state index contributed by atoms with van der Waals surface area (Å²) in [7, 11) is 0. The molecule has 1 fully saturated rings. The zero-order chi connectivity index (χ0) is 13.6. The second-order valence-corrected chi connectivity index (χ2v) is 5.84. The topological polar surface area (TPSA) is 0 Å². The van der Waals surface area contributed by atoms with Crippen LogP contribution in [0.3, 0.4) is 0 Å². The molecule has 0 aromatic heterocycles. The highest BCUT2D eigenvalue weighted by Gasteiger charge is 2.29. The average Bonchev–Trinajstić information content (AvgIpc) is 2.77. The lowest BCUT2D eigenvalue weighted by Crippen LogP contribution is -2.13. The summed E-state index contributed by atoms with van der Waals surface area (Å²) in [6.45, 7) is 2.19. The first-order valence-electron chi connectivity index (χ1n) is 6.94. The molecule has 0 heterocycles. The van der Waals surface area contributed by atoms with E-state index in [1.165, 1.54) is 6.08 Å². The van der Waals surface area contributed by atoms with Crippen LogP contribution >= 0.6 is 0 Å². The molecule has 1 aromatic rings. The maximum Gasteiger partial charge on any atom is 0.169 e. The van der Waals surface area contributed by atoms with Crippen molar-refractivity contribution >= 4 is 5.83 Å². The lowest BCUT2D eigenvalue weighted by Gasteiger charge is -2.27. The van der Waals surface area contributed by atoms with Crippen molar-refractivity contribution in [1.82, 2.24) is 0 Å². The van der Waals surface area contributed by atoms with Crippen LogP contribution < -0.4 is 0 Å². The Morgan fingerprint density at radius 1 is 1.00 bits per heavy atom. The van der Waals surface area contributed by atoms with Gasteiger partial charge in [0.15, 0.2) is 11.6 Å². The van der Waals surface area contributed by atoms with E-state index in [0.29, 0.717) is 23.5 Å². The highest BCUT2D eigenvalue weighted by Crippen LogP contribution is 2.41. The monoisotopic (exact) mass is 266 g/mol. The Bertz CT molecular complexity index is 537. The second kappa shape index (κ2) is 4.69. The fourth-order valence-corrected chi connectivity index (χ4v) is 3.29. The van der Waals surface area contributed by atoms with E-state index in [4.69, 9.17) is 0 Å². The molecule has 0 saturated heterocycles. The molecule has 102 valence electrons. The van der Waals surface area contributed by atoms with Gasteiger partial charge in [0.05, 0.1) is 5.56 Å². The maximum absolute atomic E-state index is 14.1. The van der Waals surface area contributed by atoms with E-state index in [-0.39, 0.29) is 11.5 Å². The molecule has 0 amide bonds. The van der Waals surface area contributed by atoms with E-state index in [2.05, 4.69) is 6.92 Å². The van der Waals surface area contributed by atoms with Gasteiger partial charge in [-0.05, 0) is 48.3 Å². The van der Waals surface area contributed by atoms with Crippen LogP contribution in [0.2, 0.25) is 0 Å². The molecule has 3 heteroatoms. The van der Waals surface area contributed by atoms with Gasteiger partial charge in [-0.1, -0.05) is 25.8 Å². The summed E-state index contributed by atoms with van der Waals surface area (Å²) < 4.78 is 41.6. The van der Waals surface area contributed by atoms with Gasteiger partial charge >= 0.3 is 0 Å². The van der Waals surface area contributed by atoms with Gasteiger partial charge in [-0.15, -0.1) is 0 Å². The van der Waals surface area contributed by atoms with Gasteiger partial charge in [0.25, 0.3) is 0 Å². The minimum atomic E-state index is -1.00. The van der Waals surface area contributed by atoms with Crippen LogP contribution in [0.15, 0.2) is 12.1 Å². The molecule has 1 saturated carbocycles. The van der Waals surface area contributed by atoms with Crippen molar-refractivity contribution in [2.45, 2.75) is 44.9 Å². The average molecular weight is 266 g/mol. The molecule has 0 unspecified atom stereocenters. The van der Waals surface area contributed by atoms with Gasteiger partial charge in [-0.25, -0.2) is 13.2 Å². The number of fused-ring (bicyclic) bond motifs is 1. The van der Waals surface area contributed by atoms with Gasteiger partial charge in [0, 0.05) is 0 Å². The highest BCUT2D eigenvalue weighted by molar-refractivity contribution is 5.69. The van der Waals surface area contributed by atoms with E-state index in [0.717, 1.165) is 25.7 Å². The van der Waals surface area contributed by atoms with Crippen LogP contribution in [0.25, 0.3) is 5.83 Å². The molecule has 0 N–H and O–H groups in total. The smallest absolute Gasteiger partial charge is 0.169 e. The number of allylic oxidation sites excluding steroid dienone is 1. The van der Waals surface area contributed by atoms with Crippen molar-refractivity contribution in [3.8, 4) is 0 Å². The van der Waals surface area contributed by atoms with E-state index < -0.39 is 17.5 Å². The third-order valence-electron chi connectivity index (χ3n) is 4.51. The summed E-state index contributed by atoms with van der Waals surface area (Å²) in [6.07, 6.45) is 5.58. The molecule has 0 nitrogen and oxygen atoms in total. The number of halogens is 3. The maximum atomic E-state index is 14.1. The van der Waals surface area contributed by atoms with Crippen molar-refractivity contribution in [2.24, 2.45) is 5.92 Å². The standard InChI is InChI=1S/C16H17F3/c1-9-2-4-10(5-3-9)12-8-11-6-7-13(17)14(11)16(19)15(12)18/h7-10H,2-6H2,1H3. The quantitative estimate of drug-likeness (QED) is 0.661. The van der Waals surface area contributed by atoms with Gasteiger partial charge < -0.3 is 0 Å². The Labute approximate surface area is 111 Å². The Morgan fingerprint density at radius 2 is 1.68 bits per heavy atom. The molecular weight excluding hydrogens is 249 g/mol. The van der Waals surface area contributed by atoms with Crippen LogP contribution in [0.4, 0.5) is 13.2 Å². The van der Waals surface area contributed by atoms with Crippen molar-refractivity contribution in [3.05, 3.63) is 40.5 Å². The van der Waals surface area contributed by atoms with E-state index in [1.807, 2.05) is 0 Å².